The van der Waals surface area contributed by atoms with E-state index in [9.17, 15) is 4.39 Å². The van der Waals surface area contributed by atoms with Crippen LogP contribution in [-0.2, 0) is 6.42 Å². The molecule has 0 amide bonds. The van der Waals surface area contributed by atoms with Gasteiger partial charge in [-0.3, -0.25) is 4.90 Å². The Morgan fingerprint density at radius 1 is 1.17 bits per heavy atom. The topological polar surface area (TPSA) is 6.48 Å². The van der Waals surface area contributed by atoms with Gasteiger partial charge in [0.25, 0.3) is 0 Å². The van der Waals surface area contributed by atoms with Crippen LogP contribution < -0.4 is 0 Å². The van der Waals surface area contributed by atoms with Gasteiger partial charge in [-0.05, 0) is 25.1 Å². The van der Waals surface area contributed by atoms with E-state index in [1.54, 1.807) is 6.07 Å². The minimum absolute atomic E-state index is 0. The van der Waals surface area contributed by atoms with E-state index < -0.39 is 0 Å². The number of nitrogens with zero attached hydrogens (tertiary/aromatic N) is 2. The minimum atomic E-state index is -0.0255. The second-order valence-electron chi connectivity index (χ2n) is 4.88. The summed E-state index contributed by atoms with van der Waals surface area (Å²) in [4.78, 5) is 4.72. The van der Waals surface area contributed by atoms with Gasteiger partial charge in [0.1, 0.15) is 5.82 Å². The molecule has 0 radical (unpaired) electrons. The molecule has 1 saturated heterocycles. The molecule has 0 bridgehead atoms. The van der Waals surface area contributed by atoms with E-state index >= 15 is 0 Å². The summed E-state index contributed by atoms with van der Waals surface area (Å²) < 4.78 is 13.9. The number of likely N-dealkylation sites (N-methyl/N-ethyl adjacent to an activating group) is 1. The Labute approximate surface area is 120 Å². The first kappa shape index (κ1) is 15.7. The fourth-order valence-corrected chi connectivity index (χ4v) is 2.94. The van der Waals surface area contributed by atoms with Crippen LogP contribution in [0, 0.1) is 5.82 Å². The predicted octanol–water partition coefficient (Wildman–Crippen LogP) is 2.51. The third kappa shape index (κ3) is 2.64. The third-order valence-electron chi connectivity index (χ3n) is 3.84. The first-order chi connectivity index (χ1) is 7.75. The Balaban J connectivity index is 0.000000810. The molecule has 2 aliphatic heterocycles. The van der Waals surface area contributed by atoms with Crippen molar-refractivity contribution in [3.63, 3.8) is 0 Å². The molecule has 2 aliphatic rings. The van der Waals surface area contributed by atoms with Crippen molar-refractivity contribution in [2.75, 3.05) is 33.2 Å². The zero-order valence-corrected chi connectivity index (χ0v) is 12.1. The summed E-state index contributed by atoms with van der Waals surface area (Å²) in [5.41, 5.74) is 2.15. The fraction of sp³-hybridized carbons (Fsp3) is 0.538. The summed E-state index contributed by atoms with van der Waals surface area (Å²) in [5, 5.41) is 0. The normalized spacial score (nSPS) is 23.3. The van der Waals surface area contributed by atoms with Crippen LogP contribution in [0.15, 0.2) is 18.2 Å². The van der Waals surface area contributed by atoms with Crippen molar-refractivity contribution in [2.24, 2.45) is 0 Å². The lowest BCUT2D eigenvalue weighted by atomic mass is 9.90. The van der Waals surface area contributed by atoms with E-state index in [1.165, 1.54) is 5.56 Å². The molecule has 1 fully saturated rings. The monoisotopic (exact) mass is 292 g/mol. The van der Waals surface area contributed by atoms with E-state index in [2.05, 4.69) is 22.9 Å². The van der Waals surface area contributed by atoms with Crippen LogP contribution in [0.1, 0.15) is 17.2 Å². The van der Waals surface area contributed by atoms with Crippen LogP contribution in [-0.4, -0.2) is 43.0 Å². The van der Waals surface area contributed by atoms with E-state index in [0.717, 1.165) is 38.2 Å². The van der Waals surface area contributed by atoms with E-state index in [0.29, 0.717) is 0 Å². The van der Waals surface area contributed by atoms with Gasteiger partial charge in [-0.15, -0.1) is 24.8 Å². The van der Waals surface area contributed by atoms with Gasteiger partial charge in [0.15, 0.2) is 0 Å². The highest BCUT2D eigenvalue weighted by Gasteiger charge is 2.33. The SMILES string of the molecule is CN1CCN2CCc3cccc(F)c3C2C1.Cl.Cl. The van der Waals surface area contributed by atoms with Crippen molar-refractivity contribution >= 4 is 24.8 Å². The summed E-state index contributed by atoms with van der Waals surface area (Å²) in [6.07, 6.45) is 0.993. The van der Waals surface area contributed by atoms with E-state index in [4.69, 9.17) is 0 Å². The number of hydrogen-bond acceptors (Lipinski definition) is 2. The molecule has 0 aliphatic carbocycles. The van der Waals surface area contributed by atoms with Gasteiger partial charge in [-0.2, -0.15) is 0 Å². The maximum absolute atomic E-state index is 13.9. The molecular weight excluding hydrogens is 274 g/mol. The average molecular weight is 293 g/mol. The van der Waals surface area contributed by atoms with E-state index in [1.807, 2.05) is 6.07 Å². The lowest BCUT2D eigenvalue weighted by Crippen LogP contribution is -2.49. The Bertz CT molecular complexity index is 414. The number of fused-ring (bicyclic) bond motifs is 3. The van der Waals surface area contributed by atoms with Crippen LogP contribution in [0.2, 0.25) is 0 Å². The zero-order chi connectivity index (χ0) is 11.1. The quantitative estimate of drug-likeness (QED) is 0.725. The van der Waals surface area contributed by atoms with Crippen molar-refractivity contribution < 1.29 is 4.39 Å². The highest BCUT2D eigenvalue weighted by molar-refractivity contribution is 5.85. The maximum atomic E-state index is 13.9. The highest BCUT2D eigenvalue weighted by Crippen LogP contribution is 2.33. The molecule has 0 aromatic heterocycles. The lowest BCUT2D eigenvalue weighted by Gasteiger charge is -2.43. The van der Waals surface area contributed by atoms with Gasteiger partial charge in [0.2, 0.25) is 0 Å². The number of rotatable bonds is 0. The number of halogens is 3. The Morgan fingerprint density at radius 3 is 2.72 bits per heavy atom. The lowest BCUT2D eigenvalue weighted by molar-refractivity contribution is 0.0800. The average Bonchev–Trinajstić information content (AvgIpc) is 2.28. The Morgan fingerprint density at radius 2 is 1.94 bits per heavy atom. The molecule has 3 rings (SSSR count). The summed E-state index contributed by atoms with van der Waals surface area (Å²) in [6, 6.07) is 5.76. The molecule has 1 aromatic rings. The molecule has 1 unspecified atom stereocenters. The van der Waals surface area contributed by atoms with Crippen LogP contribution in [0.25, 0.3) is 0 Å². The largest absolute Gasteiger partial charge is 0.303 e. The first-order valence-electron chi connectivity index (χ1n) is 5.95. The van der Waals surface area contributed by atoms with Crippen LogP contribution in [0.3, 0.4) is 0 Å². The fourth-order valence-electron chi connectivity index (χ4n) is 2.94. The molecule has 18 heavy (non-hydrogen) atoms. The van der Waals surface area contributed by atoms with Gasteiger partial charge >= 0.3 is 0 Å². The van der Waals surface area contributed by atoms with Gasteiger partial charge in [0.05, 0.1) is 6.04 Å². The van der Waals surface area contributed by atoms with Crippen LogP contribution in [0.4, 0.5) is 4.39 Å². The number of hydrogen-bond donors (Lipinski definition) is 0. The Kier molecular flexibility index (Phi) is 5.41. The van der Waals surface area contributed by atoms with Gasteiger partial charge < -0.3 is 4.90 Å². The van der Waals surface area contributed by atoms with Crippen molar-refractivity contribution in [1.82, 2.24) is 9.80 Å². The minimum Gasteiger partial charge on any atom is -0.303 e. The zero-order valence-electron chi connectivity index (χ0n) is 10.4. The predicted molar refractivity (Wildman–Crippen MR) is 76.4 cm³/mol. The first-order valence-corrected chi connectivity index (χ1v) is 5.95. The maximum Gasteiger partial charge on any atom is 0.128 e. The standard InChI is InChI=1S/C13H17FN2.2ClH/c1-15-7-8-16-6-5-10-3-2-4-11(14)13(10)12(16)9-15;;/h2-4,12H,5-9H2,1H3;2*1H. The van der Waals surface area contributed by atoms with Crippen LogP contribution in [0.5, 0.6) is 0 Å². The van der Waals surface area contributed by atoms with Crippen molar-refractivity contribution in [1.29, 1.82) is 0 Å². The second kappa shape index (κ2) is 6.20. The molecule has 0 spiro atoms. The molecule has 2 nitrogen and oxygen atoms in total. The molecular formula is C13H19Cl2FN2. The number of benzene rings is 1. The smallest absolute Gasteiger partial charge is 0.128 e. The highest BCUT2D eigenvalue weighted by atomic mass is 35.5. The molecule has 2 heterocycles. The molecule has 0 N–H and O–H groups in total. The van der Waals surface area contributed by atoms with E-state index in [-0.39, 0.29) is 36.7 Å². The van der Waals surface area contributed by atoms with Crippen molar-refractivity contribution in [3.8, 4) is 0 Å². The van der Waals surface area contributed by atoms with Gasteiger partial charge in [-0.25, -0.2) is 4.39 Å². The van der Waals surface area contributed by atoms with Gasteiger partial charge in [0, 0.05) is 31.7 Å². The molecule has 1 aromatic carbocycles. The Hall–Kier alpha value is -0.350. The van der Waals surface area contributed by atoms with Gasteiger partial charge in [-0.1, -0.05) is 12.1 Å². The molecule has 1 atom stereocenters. The van der Waals surface area contributed by atoms with Crippen molar-refractivity contribution in [2.45, 2.75) is 12.5 Å². The second-order valence-corrected chi connectivity index (χ2v) is 4.88. The molecule has 102 valence electrons. The summed E-state index contributed by atoms with van der Waals surface area (Å²) >= 11 is 0. The molecule has 0 saturated carbocycles. The molecule has 5 heteroatoms. The summed E-state index contributed by atoms with van der Waals surface area (Å²) in [7, 11) is 2.12. The van der Waals surface area contributed by atoms with Crippen LogP contribution >= 0.6 is 24.8 Å². The summed E-state index contributed by atoms with van der Waals surface area (Å²) in [5.74, 6) is -0.0255. The summed E-state index contributed by atoms with van der Waals surface area (Å²) in [6.45, 7) is 4.19. The van der Waals surface area contributed by atoms with Crippen molar-refractivity contribution in [3.05, 3.63) is 35.1 Å². The number of piperazine rings is 1. The third-order valence-corrected chi connectivity index (χ3v) is 3.84.